The summed E-state index contributed by atoms with van der Waals surface area (Å²) in [5, 5.41) is 12.5. The smallest absolute Gasteiger partial charge is 0.234 e. The Morgan fingerprint density at radius 3 is 2.73 bits per heavy atom. The minimum Gasteiger partial charge on any atom is -0.380 e. The molecule has 4 N–H and O–H groups in total. The zero-order valence-electron chi connectivity index (χ0n) is 25.2. The van der Waals surface area contributed by atoms with Gasteiger partial charge < -0.3 is 26.0 Å². The molecule has 236 valence electrons. The summed E-state index contributed by atoms with van der Waals surface area (Å²) in [6.45, 7) is 7.96. The maximum Gasteiger partial charge on any atom is 0.234 e. The number of benzene rings is 1. The summed E-state index contributed by atoms with van der Waals surface area (Å²) in [6.07, 6.45) is 6.90. The molecule has 0 radical (unpaired) electrons. The number of pyridine rings is 1. The lowest BCUT2D eigenvalue weighted by atomic mass is 10.1. The van der Waals surface area contributed by atoms with Gasteiger partial charge in [-0.3, -0.25) is 19.4 Å². The van der Waals surface area contributed by atoms with E-state index >= 15 is 0 Å². The van der Waals surface area contributed by atoms with Crippen molar-refractivity contribution in [1.82, 2.24) is 35.4 Å². The van der Waals surface area contributed by atoms with Crippen molar-refractivity contribution in [3.05, 3.63) is 60.6 Å². The van der Waals surface area contributed by atoms with Crippen LogP contribution < -0.4 is 21.3 Å². The lowest BCUT2D eigenvalue weighted by Crippen LogP contribution is -2.56. The molecule has 7 heterocycles. The van der Waals surface area contributed by atoms with Gasteiger partial charge in [-0.2, -0.15) is 13.5 Å². The first kappa shape index (κ1) is 33.1. The molecule has 3 aromatic rings. The molecule has 2 amide bonds. The second-order valence-electron chi connectivity index (χ2n) is 11.0. The van der Waals surface area contributed by atoms with Crippen molar-refractivity contribution < 1.29 is 14.3 Å². The van der Waals surface area contributed by atoms with E-state index < -0.39 is 0 Å². The van der Waals surface area contributed by atoms with Gasteiger partial charge in [-0.15, -0.1) is 0 Å². The molecule has 0 spiro atoms. The Morgan fingerprint density at radius 2 is 1.89 bits per heavy atom. The van der Waals surface area contributed by atoms with Crippen LogP contribution in [0.4, 0.5) is 17.5 Å². The van der Waals surface area contributed by atoms with E-state index in [-0.39, 0.29) is 31.4 Å². The molecule has 5 aliphatic heterocycles. The number of amides is 2. The number of nitrogens with zero attached hydrogens (tertiary/aromatic N) is 5. The maximum atomic E-state index is 12.7. The molecule has 8 bridgehead atoms. The number of carbonyl (C=O) groups is 2. The molecule has 1 fully saturated rings. The summed E-state index contributed by atoms with van der Waals surface area (Å²) in [4.78, 5) is 42.0. The van der Waals surface area contributed by atoms with E-state index in [9.17, 15) is 9.59 Å². The van der Waals surface area contributed by atoms with E-state index in [1.807, 2.05) is 18.2 Å². The van der Waals surface area contributed by atoms with Gasteiger partial charge in [-0.1, -0.05) is 12.1 Å². The number of carbonyl (C=O) groups excluding carboxylic acids is 2. The van der Waals surface area contributed by atoms with E-state index in [0.29, 0.717) is 45.3 Å². The average molecular weight is 622 g/mol. The standard InChI is InChI=1S/C31H41N9O3.H2S/c1-23(41)32-10-4-14-43-22-28-20-39-12-13-40(28)19-24-5-2-6-27(15-24)38-29-16-25(7-11-33-29)26-17-36-31(37-18-26)35-9-3-8-34-30(42)21-39;/h2,5-7,11,15-18,28H,3-4,8-10,12-14,19-22H2,1H3,(H,32,41)(H,33,38)(H,34,42)(H,35,36,37);1H2. The topological polar surface area (TPSA) is 137 Å². The van der Waals surface area contributed by atoms with Gasteiger partial charge >= 0.3 is 0 Å². The molecular formula is C31H43N9O3S. The van der Waals surface area contributed by atoms with Gasteiger partial charge in [0.05, 0.1) is 13.2 Å². The predicted molar refractivity (Wildman–Crippen MR) is 176 cm³/mol. The summed E-state index contributed by atoms with van der Waals surface area (Å²) in [6, 6.07) is 12.4. The average Bonchev–Trinajstić information content (AvgIpc) is 3.00. The Kier molecular flexibility index (Phi) is 12.7. The van der Waals surface area contributed by atoms with Gasteiger partial charge in [0.1, 0.15) is 5.82 Å². The highest BCUT2D eigenvalue weighted by atomic mass is 32.1. The molecule has 0 aliphatic carbocycles. The summed E-state index contributed by atoms with van der Waals surface area (Å²) in [7, 11) is 0. The predicted octanol–water partition coefficient (Wildman–Crippen LogP) is 2.36. The normalized spacial score (nSPS) is 20.4. The zero-order chi connectivity index (χ0) is 29.9. The number of hydrogen-bond acceptors (Lipinski definition) is 10. The quantitative estimate of drug-likeness (QED) is 0.304. The Balaban J connectivity index is 0.00000442. The van der Waals surface area contributed by atoms with Crippen LogP contribution in [0.25, 0.3) is 11.1 Å². The van der Waals surface area contributed by atoms with Crippen LogP contribution in [0.3, 0.4) is 0 Å². The Bertz CT molecular complexity index is 1360. The SMILES string of the molecule is CC(=O)NCCCOCC1CN2CCN1Cc1cccc(c1)Nc1cc(ccn1)-c1cnc(nc1)NCCCNC(=O)C2.S. The summed E-state index contributed by atoms with van der Waals surface area (Å²) in [5.41, 5.74) is 4.01. The Labute approximate surface area is 265 Å². The number of hydrogen-bond donors (Lipinski definition) is 4. The number of ether oxygens (including phenoxy) is 1. The third-order valence-electron chi connectivity index (χ3n) is 7.49. The van der Waals surface area contributed by atoms with E-state index in [2.05, 4.69) is 64.2 Å². The van der Waals surface area contributed by atoms with Crippen LogP contribution in [-0.2, 0) is 20.9 Å². The van der Waals surface area contributed by atoms with Crippen molar-refractivity contribution in [2.75, 3.05) is 69.7 Å². The van der Waals surface area contributed by atoms with E-state index in [1.165, 1.54) is 12.5 Å². The lowest BCUT2D eigenvalue weighted by Gasteiger charge is -2.41. The van der Waals surface area contributed by atoms with Crippen LogP contribution >= 0.6 is 13.5 Å². The summed E-state index contributed by atoms with van der Waals surface area (Å²) < 4.78 is 6.06. The fourth-order valence-electron chi connectivity index (χ4n) is 5.28. The van der Waals surface area contributed by atoms with Crippen molar-refractivity contribution in [2.24, 2.45) is 0 Å². The van der Waals surface area contributed by atoms with Gasteiger partial charge in [0.2, 0.25) is 17.8 Å². The van der Waals surface area contributed by atoms with Gasteiger partial charge in [0.15, 0.2) is 0 Å². The van der Waals surface area contributed by atoms with Crippen LogP contribution in [0.15, 0.2) is 55.0 Å². The van der Waals surface area contributed by atoms with Gasteiger partial charge in [-0.25, -0.2) is 15.0 Å². The van der Waals surface area contributed by atoms with Crippen molar-refractivity contribution in [2.45, 2.75) is 32.4 Å². The molecule has 13 heteroatoms. The van der Waals surface area contributed by atoms with Crippen LogP contribution in [-0.4, -0.2) is 102 Å². The van der Waals surface area contributed by atoms with E-state index in [1.54, 1.807) is 18.6 Å². The van der Waals surface area contributed by atoms with Crippen molar-refractivity contribution in [3.63, 3.8) is 0 Å². The first-order valence-corrected chi connectivity index (χ1v) is 15.0. The van der Waals surface area contributed by atoms with Crippen LogP contribution in [0, 0.1) is 0 Å². The molecule has 3 atom stereocenters. The molecule has 1 aromatic carbocycles. The van der Waals surface area contributed by atoms with Gasteiger partial charge in [0.25, 0.3) is 0 Å². The van der Waals surface area contributed by atoms with Crippen LogP contribution in [0.1, 0.15) is 25.3 Å². The molecule has 5 aliphatic rings. The minimum atomic E-state index is -0.0320. The molecule has 8 rings (SSSR count). The highest BCUT2D eigenvalue weighted by molar-refractivity contribution is 7.59. The van der Waals surface area contributed by atoms with Crippen molar-refractivity contribution in [3.8, 4) is 11.1 Å². The Morgan fingerprint density at radius 1 is 1.05 bits per heavy atom. The van der Waals surface area contributed by atoms with Crippen molar-refractivity contribution in [1.29, 1.82) is 0 Å². The van der Waals surface area contributed by atoms with E-state index in [0.717, 1.165) is 61.7 Å². The monoisotopic (exact) mass is 621 g/mol. The summed E-state index contributed by atoms with van der Waals surface area (Å²) in [5.74, 6) is 1.29. The fourth-order valence-corrected chi connectivity index (χ4v) is 5.28. The fraction of sp³-hybridized carbons (Fsp3) is 0.452. The first-order chi connectivity index (χ1) is 21.0. The summed E-state index contributed by atoms with van der Waals surface area (Å²) >= 11 is 0. The molecule has 44 heavy (non-hydrogen) atoms. The molecule has 12 nitrogen and oxygen atoms in total. The molecule has 1 saturated heterocycles. The van der Waals surface area contributed by atoms with Crippen LogP contribution in [0.2, 0.25) is 0 Å². The number of aromatic nitrogens is 3. The minimum absolute atomic E-state index is 0. The number of anilines is 3. The second kappa shape index (κ2) is 16.9. The highest BCUT2D eigenvalue weighted by Gasteiger charge is 2.28. The molecular weight excluding hydrogens is 578 g/mol. The van der Waals surface area contributed by atoms with E-state index in [4.69, 9.17) is 4.74 Å². The van der Waals surface area contributed by atoms with Gasteiger partial charge in [-0.05, 0) is 48.2 Å². The first-order valence-electron chi connectivity index (χ1n) is 15.0. The van der Waals surface area contributed by atoms with Crippen LogP contribution in [0.5, 0.6) is 0 Å². The molecule has 0 saturated carbocycles. The third-order valence-corrected chi connectivity index (χ3v) is 7.49. The number of piperazine rings is 1. The van der Waals surface area contributed by atoms with Gasteiger partial charge in [0, 0.05) is 95.2 Å². The molecule has 2 aromatic heterocycles. The number of rotatable bonds is 6. The zero-order valence-corrected chi connectivity index (χ0v) is 26.2. The third kappa shape index (κ3) is 10.2. The number of nitrogens with one attached hydrogen (secondary N) is 4. The second-order valence-corrected chi connectivity index (χ2v) is 11.0. The lowest BCUT2D eigenvalue weighted by molar-refractivity contribution is -0.123. The largest absolute Gasteiger partial charge is 0.380 e. The Hall–Kier alpha value is -3.78. The highest BCUT2D eigenvalue weighted by Crippen LogP contribution is 2.24. The molecule has 3 unspecified atom stereocenters. The maximum absolute atomic E-state index is 12.7. The van der Waals surface area contributed by atoms with Crippen molar-refractivity contribution >= 4 is 42.8 Å².